The molecule has 0 heterocycles. The summed E-state index contributed by atoms with van der Waals surface area (Å²) in [6, 6.07) is 0. The van der Waals surface area contributed by atoms with E-state index in [0.717, 1.165) is 5.57 Å². The Bertz CT molecular complexity index is 362. The summed E-state index contributed by atoms with van der Waals surface area (Å²) in [7, 11) is 3.05. The van der Waals surface area contributed by atoms with Crippen LogP contribution in [0.5, 0.6) is 0 Å². The minimum atomic E-state index is -0.159. The van der Waals surface area contributed by atoms with Gasteiger partial charge in [-0.3, -0.25) is 9.63 Å². The van der Waals surface area contributed by atoms with E-state index in [-0.39, 0.29) is 5.91 Å². The molecule has 0 unspecified atom stereocenters. The van der Waals surface area contributed by atoms with Gasteiger partial charge >= 0.3 is 0 Å². The molecule has 3 heteroatoms. The van der Waals surface area contributed by atoms with Crippen molar-refractivity contribution >= 4 is 5.91 Å². The third kappa shape index (κ3) is 3.22. The van der Waals surface area contributed by atoms with Gasteiger partial charge in [-0.05, 0) is 19.1 Å². The van der Waals surface area contributed by atoms with E-state index in [1.165, 1.54) is 12.2 Å². The fraction of sp³-hybridized carbons (Fsp3) is 0.250. The second kappa shape index (κ2) is 5.32. The molecule has 0 atom stereocenters. The Labute approximate surface area is 90.0 Å². The van der Waals surface area contributed by atoms with Crippen molar-refractivity contribution in [3.05, 3.63) is 47.6 Å². The number of hydroxylamine groups is 2. The molecule has 15 heavy (non-hydrogen) atoms. The molecule has 0 aromatic rings. The third-order valence-corrected chi connectivity index (χ3v) is 2.08. The quantitative estimate of drug-likeness (QED) is 0.645. The van der Waals surface area contributed by atoms with Crippen LogP contribution in [0.15, 0.2) is 47.6 Å². The molecule has 0 saturated carbocycles. The van der Waals surface area contributed by atoms with E-state index < -0.39 is 0 Å². The summed E-state index contributed by atoms with van der Waals surface area (Å²) in [5.74, 6) is -0.159. The Morgan fingerprint density at radius 3 is 2.60 bits per heavy atom. The van der Waals surface area contributed by atoms with Gasteiger partial charge in [-0.15, -0.1) is 0 Å². The van der Waals surface area contributed by atoms with Crippen LogP contribution >= 0.6 is 0 Å². The van der Waals surface area contributed by atoms with Gasteiger partial charge in [0.2, 0.25) is 0 Å². The van der Waals surface area contributed by atoms with Gasteiger partial charge < -0.3 is 0 Å². The van der Waals surface area contributed by atoms with Crippen LogP contribution in [0.4, 0.5) is 0 Å². The number of nitrogens with zero attached hydrogens (tertiary/aromatic N) is 1. The van der Waals surface area contributed by atoms with Crippen LogP contribution in [-0.4, -0.2) is 25.1 Å². The lowest BCUT2D eigenvalue weighted by Gasteiger charge is -2.14. The number of amides is 1. The molecule has 3 nitrogen and oxygen atoms in total. The molecule has 0 aliphatic heterocycles. The lowest BCUT2D eigenvalue weighted by molar-refractivity contribution is -0.163. The minimum absolute atomic E-state index is 0.159. The Hall–Kier alpha value is -1.61. The SMILES string of the molecule is CON(C)C(=O)C1=C/C=C(C)\C=C/C=C1. The fourth-order valence-electron chi connectivity index (χ4n) is 1.11. The van der Waals surface area contributed by atoms with Gasteiger partial charge in [0.25, 0.3) is 5.91 Å². The first kappa shape index (κ1) is 11.5. The number of rotatable bonds is 2. The maximum absolute atomic E-state index is 11.7. The highest BCUT2D eigenvalue weighted by atomic mass is 16.7. The molecule has 0 N–H and O–H groups in total. The predicted octanol–water partition coefficient (Wildman–Crippen LogP) is 2.00. The number of allylic oxidation sites excluding steroid dienone is 6. The van der Waals surface area contributed by atoms with Crippen LogP contribution in [0.3, 0.4) is 0 Å². The zero-order chi connectivity index (χ0) is 11.3. The monoisotopic (exact) mass is 205 g/mol. The number of carbonyl (C=O) groups excluding carboxylic acids is 1. The van der Waals surface area contributed by atoms with Crippen LogP contribution in [0.25, 0.3) is 0 Å². The fourth-order valence-corrected chi connectivity index (χ4v) is 1.11. The molecule has 0 aromatic heterocycles. The number of carbonyl (C=O) groups is 1. The molecule has 80 valence electrons. The van der Waals surface area contributed by atoms with Crippen molar-refractivity contribution in [2.75, 3.05) is 14.2 Å². The Morgan fingerprint density at radius 2 is 1.93 bits per heavy atom. The van der Waals surface area contributed by atoms with E-state index in [0.29, 0.717) is 5.57 Å². The summed E-state index contributed by atoms with van der Waals surface area (Å²) in [5, 5.41) is 1.20. The molecular weight excluding hydrogens is 190 g/mol. The van der Waals surface area contributed by atoms with Gasteiger partial charge in [0.15, 0.2) is 0 Å². The second-order valence-corrected chi connectivity index (χ2v) is 3.24. The van der Waals surface area contributed by atoms with Gasteiger partial charge in [0.05, 0.1) is 7.11 Å². The lowest BCUT2D eigenvalue weighted by atomic mass is 10.1. The van der Waals surface area contributed by atoms with Gasteiger partial charge in [0.1, 0.15) is 0 Å². The second-order valence-electron chi connectivity index (χ2n) is 3.24. The van der Waals surface area contributed by atoms with Crippen molar-refractivity contribution in [1.82, 2.24) is 5.06 Å². The van der Waals surface area contributed by atoms with Gasteiger partial charge in [-0.1, -0.05) is 29.9 Å². The highest BCUT2D eigenvalue weighted by Crippen LogP contribution is 2.08. The highest BCUT2D eigenvalue weighted by molar-refractivity contribution is 5.95. The summed E-state index contributed by atoms with van der Waals surface area (Å²) < 4.78 is 0. The van der Waals surface area contributed by atoms with Gasteiger partial charge in [-0.2, -0.15) is 0 Å². The molecule has 0 aromatic carbocycles. The van der Waals surface area contributed by atoms with Crippen LogP contribution in [-0.2, 0) is 9.63 Å². The Morgan fingerprint density at radius 1 is 1.27 bits per heavy atom. The van der Waals surface area contributed by atoms with Crippen molar-refractivity contribution < 1.29 is 9.63 Å². The number of likely N-dealkylation sites (N-methyl/N-ethyl adjacent to an activating group) is 1. The van der Waals surface area contributed by atoms with E-state index >= 15 is 0 Å². The van der Waals surface area contributed by atoms with Crippen molar-refractivity contribution in [2.45, 2.75) is 6.92 Å². The highest BCUT2D eigenvalue weighted by Gasteiger charge is 2.11. The van der Waals surface area contributed by atoms with Gasteiger partial charge in [0, 0.05) is 12.6 Å². The van der Waals surface area contributed by atoms with Crippen molar-refractivity contribution in [3.8, 4) is 0 Å². The first-order valence-electron chi connectivity index (χ1n) is 4.70. The van der Waals surface area contributed by atoms with E-state index in [1.807, 2.05) is 31.2 Å². The topological polar surface area (TPSA) is 29.5 Å². The first-order valence-corrected chi connectivity index (χ1v) is 4.70. The Balaban J connectivity index is 2.90. The van der Waals surface area contributed by atoms with Gasteiger partial charge in [-0.25, -0.2) is 5.06 Å². The average molecular weight is 205 g/mol. The third-order valence-electron chi connectivity index (χ3n) is 2.08. The molecule has 1 rings (SSSR count). The molecular formula is C12H15NO2. The standard InChI is InChI=1S/C12H15NO2/c1-10-6-4-5-7-11(9-8-10)12(14)13(2)15-3/h4-9H,1-3H3/b5-4?,6-4-,7-5?,9-8?,10-6?,10-8-,11-7?,11-9?. The molecule has 0 bridgehead atoms. The van der Waals surface area contributed by atoms with E-state index in [4.69, 9.17) is 4.84 Å². The normalized spacial score (nSPS) is 20.7. The molecule has 0 radical (unpaired) electrons. The molecule has 0 saturated heterocycles. The minimum Gasteiger partial charge on any atom is -0.274 e. The summed E-state index contributed by atoms with van der Waals surface area (Å²) in [5.41, 5.74) is 1.70. The molecule has 1 aliphatic carbocycles. The van der Waals surface area contributed by atoms with Crippen LogP contribution in [0.1, 0.15) is 6.92 Å². The maximum Gasteiger partial charge on any atom is 0.277 e. The molecule has 1 amide bonds. The van der Waals surface area contributed by atoms with E-state index in [1.54, 1.807) is 19.2 Å². The first-order chi connectivity index (χ1) is 7.15. The van der Waals surface area contributed by atoms with Crippen LogP contribution in [0.2, 0.25) is 0 Å². The summed E-state index contributed by atoms with van der Waals surface area (Å²) in [4.78, 5) is 16.6. The maximum atomic E-state index is 11.7. The van der Waals surface area contributed by atoms with Crippen molar-refractivity contribution in [2.24, 2.45) is 0 Å². The van der Waals surface area contributed by atoms with Crippen LogP contribution in [0, 0.1) is 0 Å². The Kier molecular flexibility index (Phi) is 4.06. The molecule has 0 fully saturated rings. The summed E-state index contributed by atoms with van der Waals surface area (Å²) in [6.07, 6.45) is 11.2. The van der Waals surface area contributed by atoms with Crippen LogP contribution < -0.4 is 0 Å². The number of hydrogen-bond donors (Lipinski definition) is 0. The summed E-state index contributed by atoms with van der Waals surface area (Å²) in [6.45, 7) is 1.98. The van der Waals surface area contributed by atoms with E-state index in [2.05, 4.69) is 0 Å². The number of hydrogen-bond acceptors (Lipinski definition) is 2. The van der Waals surface area contributed by atoms with Crippen molar-refractivity contribution in [1.29, 1.82) is 0 Å². The van der Waals surface area contributed by atoms with Crippen molar-refractivity contribution in [3.63, 3.8) is 0 Å². The zero-order valence-corrected chi connectivity index (χ0v) is 9.23. The molecule has 1 aliphatic rings. The summed E-state index contributed by atoms with van der Waals surface area (Å²) >= 11 is 0. The molecule has 0 spiro atoms. The largest absolute Gasteiger partial charge is 0.277 e. The van der Waals surface area contributed by atoms with E-state index in [9.17, 15) is 4.79 Å². The predicted molar refractivity (Wildman–Crippen MR) is 59.9 cm³/mol. The zero-order valence-electron chi connectivity index (χ0n) is 9.23. The lowest BCUT2D eigenvalue weighted by Crippen LogP contribution is -2.26. The smallest absolute Gasteiger partial charge is 0.274 e. The average Bonchev–Trinajstić information content (AvgIpc) is 2.22.